The van der Waals surface area contributed by atoms with Crippen molar-refractivity contribution in [3.63, 3.8) is 0 Å². The fourth-order valence-corrected chi connectivity index (χ4v) is 2.85. The summed E-state index contributed by atoms with van der Waals surface area (Å²) in [5.74, 6) is 0. The Hall–Kier alpha value is -1.11. The van der Waals surface area contributed by atoms with Crippen molar-refractivity contribution in [2.75, 3.05) is 27.4 Å². The van der Waals surface area contributed by atoms with Crippen molar-refractivity contribution in [1.29, 1.82) is 0 Å². The zero-order chi connectivity index (χ0) is 18.6. The monoisotopic (exact) mass is 364 g/mol. The van der Waals surface area contributed by atoms with E-state index in [1.807, 2.05) is 0 Å². The lowest BCUT2D eigenvalue weighted by Crippen LogP contribution is -2.61. The Labute approximate surface area is 144 Å². The predicted molar refractivity (Wildman–Crippen MR) is 80.3 cm³/mol. The van der Waals surface area contributed by atoms with Crippen molar-refractivity contribution in [2.24, 2.45) is 0 Å². The van der Waals surface area contributed by atoms with Gasteiger partial charge in [0.15, 0.2) is 18.7 Å². The first kappa shape index (κ1) is 20.2. The molecule has 4 N–H and O–H groups in total. The second-order valence-electron chi connectivity index (χ2n) is 5.82. The molecule has 2 heterocycles. The average molecular weight is 364 g/mol. The molecule has 0 unspecified atom stereocenters. The lowest BCUT2D eigenvalue weighted by molar-refractivity contribution is -0.325. The largest absolute Gasteiger partial charge is 0.492 e. The second kappa shape index (κ2) is 9.01. The minimum absolute atomic E-state index is 0.102. The lowest BCUT2D eigenvalue weighted by atomic mass is 9.97. The van der Waals surface area contributed by atoms with Crippen LogP contribution in [0.15, 0.2) is 11.8 Å². The molecule has 10 heteroatoms. The van der Waals surface area contributed by atoms with Crippen LogP contribution in [0.2, 0.25) is 0 Å². The smallest absolute Gasteiger partial charge is 0.187 e. The summed E-state index contributed by atoms with van der Waals surface area (Å²) >= 11 is 0. The van der Waals surface area contributed by atoms with Gasteiger partial charge < -0.3 is 44.1 Å². The molecule has 0 aromatic rings. The first-order valence-electron chi connectivity index (χ1n) is 7.76. The van der Waals surface area contributed by atoms with Crippen LogP contribution in [0.3, 0.4) is 0 Å². The van der Waals surface area contributed by atoms with Crippen LogP contribution < -0.4 is 0 Å². The van der Waals surface area contributed by atoms with E-state index in [1.54, 1.807) is 0 Å². The summed E-state index contributed by atoms with van der Waals surface area (Å²) in [5.41, 5.74) is 0.185. The van der Waals surface area contributed by atoms with Crippen LogP contribution in [0.5, 0.6) is 0 Å². The fourth-order valence-electron chi connectivity index (χ4n) is 2.85. The Morgan fingerprint density at radius 2 is 1.88 bits per heavy atom. The van der Waals surface area contributed by atoms with Gasteiger partial charge in [0.05, 0.1) is 25.0 Å². The molecule has 0 aromatic carbocycles. The van der Waals surface area contributed by atoms with Gasteiger partial charge in [0.2, 0.25) is 0 Å². The number of carbonyl (C=O) groups is 1. The molecule has 2 aliphatic rings. The number of rotatable bonds is 7. The van der Waals surface area contributed by atoms with Crippen molar-refractivity contribution in [1.82, 2.24) is 0 Å². The highest BCUT2D eigenvalue weighted by Crippen LogP contribution is 2.29. The molecule has 2 rings (SSSR count). The quantitative estimate of drug-likeness (QED) is 0.353. The molecule has 10 nitrogen and oxygen atoms in total. The van der Waals surface area contributed by atoms with Gasteiger partial charge in [-0.3, -0.25) is 4.79 Å². The van der Waals surface area contributed by atoms with Crippen LogP contribution in [0, 0.1) is 0 Å². The third kappa shape index (κ3) is 4.18. The van der Waals surface area contributed by atoms with E-state index in [4.69, 9.17) is 23.7 Å². The van der Waals surface area contributed by atoms with E-state index >= 15 is 0 Å². The third-order valence-electron chi connectivity index (χ3n) is 4.23. The second-order valence-corrected chi connectivity index (χ2v) is 5.82. The minimum atomic E-state index is -1.58. The molecule has 25 heavy (non-hydrogen) atoms. The summed E-state index contributed by atoms with van der Waals surface area (Å²) in [5, 5.41) is 39.0. The Kier molecular flexibility index (Phi) is 7.28. The molecule has 0 bridgehead atoms. The van der Waals surface area contributed by atoms with E-state index in [1.165, 1.54) is 20.5 Å². The van der Waals surface area contributed by atoms with Crippen molar-refractivity contribution in [2.45, 2.75) is 49.0 Å². The van der Waals surface area contributed by atoms with Crippen molar-refractivity contribution < 1.29 is 48.9 Å². The zero-order valence-corrected chi connectivity index (χ0v) is 13.9. The van der Waals surface area contributed by atoms with Gasteiger partial charge in [-0.1, -0.05) is 0 Å². The molecule has 0 aromatic heterocycles. The maximum atomic E-state index is 11.2. The van der Waals surface area contributed by atoms with Gasteiger partial charge in [-0.05, 0) is 0 Å². The van der Waals surface area contributed by atoms with E-state index in [0.29, 0.717) is 6.29 Å². The number of aliphatic hydroxyl groups is 4. The third-order valence-corrected chi connectivity index (χ3v) is 4.23. The molecule has 1 saturated heterocycles. The number of carbonyl (C=O) groups excluding carboxylic acids is 1. The molecule has 0 aliphatic carbocycles. The molecule has 0 amide bonds. The highest BCUT2D eigenvalue weighted by Gasteiger charge is 2.48. The SMILES string of the molecule is COC[C@H]1OC=C(C=O)[C@@H](OC)[C@@H]1O[C@@H]1O[C@H](CO)[C@H](O)[C@H](O)[C@H]1O. The average Bonchev–Trinajstić information content (AvgIpc) is 2.63. The van der Waals surface area contributed by atoms with E-state index in [-0.39, 0.29) is 12.2 Å². The number of methoxy groups -OCH3 is 2. The lowest BCUT2D eigenvalue weighted by Gasteiger charge is -2.43. The van der Waals surface area contributed by atoms with Gasteiger partial charge in [-0.15, -0.1) is 0 Å². The molecule has 2 aliphatic heterocycles. The highest BCUT2D eigenvalue weighted by molar-refractivity contribution is 5.74. The first-order valence-corrected chi connectivity index (χ1v) is 7.76. The molecule has 0 spiro atoms. The molecular formula is C15H24O10. The van der Waals surface area contributed by atoms with Crippen LogP contribution in [-0.2, 0) is 28.5 Å². The van der Waals surface area contributed by atoms with Gasteiger partial charge in [0.1, 0.15) is 36.6 Å². The summed E-state index contributed by atoms with van der Waals surface area (Å²) in [6, 6.07) is 0. The fraction of sp³-hybridized carbons (Fsp3) is 0.800. The predicted octanol–water partition coefficient (Wildman–Crippen LogP) is -2.69. The molecule has 0 saturated carbocycles. The Morgan fingerprint density at radius 3 is 2.44 bits per heavy atom. The Bertz CT molecular complexity index is 467. The molecule has 8 atom stereocenters. The maximum absolute atomic E-state index is 11.2. The first-order chi connectivity index (χ1) is 12.0. The number of hydrogen-bond donors (Lipinski definition) is 4. The summed E-state index contributed by atoms with van der Waals surface area (Å²) < 4.78 is 26.8. The van der Waals surface area contributed by atoms with E-state index < -0.39 is 55.6 Å². The summed E-state index contributed by atoms with van der Waals surface area (Å²) in [6.45, 7) is -0.481. The number of aliphatic hydroxyl groups excluding tert-OH is 4. The maximum Gasteiger partial charge on any atom is 0.187 e. The van der Waals surface area contributed by atoms with Crippen LogP contribution >= 0.6 is 0 Å². The van der Waals surface area contributed by atoms with Crippen LogP contribution in [-0.4, -0.2) is 103 Å². The topological polar surface area (TPSA) is 144 Å². The van der Waals surface area contributed by atoms with Crippen LogP contribution in [0.25, 0.3) is 0 Å². The normalized spacial score (nSPS) is 41.8. The minimum Gasteiger partial charge on any atom is -0.492 e. The van der Waals surface area contributed by atoms with E-state index in [0.717, 1.165) is 0 Å². The molecule has 1 fully saturated rings. The van der Waals surface area contributed by atoms with E-state index in [2.05, 4.69) is 0 Å². The Balaban J connectivity index is 2.20. The highest BCUT2D eigenvalue weighted by atomic mass is 16.7. The van der Waals surface area contributed by atoms with Gasteiger partial charge in [0.25, 0.3) is 0 Å². The number of hydrogen-bond acceptors (Lipinski definition) is 10. The Morgan fingerprint density at radius 1 is 1.16 bits per heavy atom. The summed E-state index contributed by atoms with van der Waals surface area (Å²) in [4.78, 5) is 11.2. The number of aldehydes is 1. The zero-order valence-electron chi connectivity index (χ0n) is 13.9. The van der Waals surface area contributed by atoms with Gasteiger partial charge in [-0.2, -0.15) is 0 Å². The molecule has 0 radical (unpaired) electrons. The summed E-state index contributed by atoms with van der Waals surface area (Å²) in [6.07, 6.45) is -7.75. The van der Waals surface area contributed by atoms with Crippen LogP contribution in [0.4, 0.5) is 0 Å². The van der Waals surface area contributed by atoms with E-state index in [9.17, 15) is 25.2 Å². The molecule has 144 valence electrons. The standard InChI is InChI=1S/C15H24O10/c1-21-6-9-14(13(22-2)7(3-16)5-23-9)25-15-12(20)11(19)10(18)8(4-17)24-15/h3,5,8-15,17-20H,4,6H2,1-2H3/t8-,9-,10+,11+,12-,13-,14-,15+/m1/s1. The van der Waals surface area contributed by atoms with Crippen molar-refractivity contribution in [3.05, 3.63) is 11.8 Å². The van der Waals surface area contributed by atoms with Gasteiger partial charge in [-0.25, -0.2) is 0 Å². The van der Waals surface area contributed by atoms with Gasteiger partial charge in [0, 0.05) is 14.2 Å². The van der Waals surface area contributed by atoms with Crippen molar-refractivity contribution >= 4 is 6.29 Å². The number of ether oxygens (including phenoxy) is 5. The molecular weight excluding hydrogens is 340 g/mol. The van der Waals surface area contributed by atoms with Gasteiger partial charge >= 0.3 is 0 Å². The van der Waals surface area contributed by atoms with Crippen LogP contribution in [0.1, 0.15) is 0 Å². The van der Waals surface area contributed by atoms with Crippen molar-refractivity contribution in [3.8, 4) is 0 Å². The summed E-state index contributed by atoms with van der Waals surface area (Å²) in [7, 11) is 2.83.